The summed E-state index contributed by atoms with van der Waals surface area (Å²) >= 11 is 3.39. The van der Waals surface area contributed by atoms with E-state index in [0.717, 1.165) is 28.6 Å². The van der Waals surface area contributed by atoms with Crippen LogP contribution in [-0.2, 0) is 16.0 Å². The third-order valence-electron chi connectivity index (χ3n) is 6.14. The van der Waals surface area contributed by atoms with Crippen molar-refractivity contribution in [3.05, 3.63) is 63.6 Å². The second-order valence-electron chi connectivity index (χ2n) is 7.96. The smallest absolute Gasteiger partial charge is 0.338 e. The Balaban J connectivity index is 1.45. The number of benzene rings is 2. The fraction of sp³-hybridized carbons (Fsp3) is 0.375. The van der Waals surface area contributed by atoms with E-state index in [1.165, 1.54) is 7.11 Å². The van der Waals surface area contributed by atoms with Gasteiger partial charge in [0.05, 0.1) is 12.7 Å². The van der Waals surface area contributed by atoms with E-state index < -0.39 is 0 Å². The monoisotopic (exact) mass is 484 g/mol. The Hall–Kier alpha value is -2.67. The van der Waals surface area contributed by atoms with Gasteiger partial charge in [0, 0.05) is 41.3 Å². The molecule has 0 aromatic heterocycles. The van der Waals surface area contributed by atoms with E-state index in [1.54, 1.807) is 12.1 Å². The van der Waals surface area contributed by atoms with E-state index in [2.05, 4.69) is 15.9 Å². The Morgan fingerprint density at radius 1 is 1.00 bits per heavy atom. The van der Waals surface area contributed by atoms with Crippen molar-refractivity contribution < 1.29 is 19.1 Å². The lowest BCUT2D eigenvalue weighted by molar-refractivity contribution is -0.123. The molecule has 2 aromatic rings. The maximum atomic E-state index is 13.4. The lowest BCUT2D eigenvalue weighted by Gasteiger charge is -2.36. The Labute approximate surface area is 190 Å². The van der Waals surface area contributed by atoms with Crippen molar-refractivity contribution in [3.63, 3.8) is 0 Å². The minimum atomic E-state index is -0.370. The molecule has 1 saturated heterocycles. The first-order chi connectivity index (χ1) is 15.0. The molecule has 0 N–H and O–H groups in total. The summed E-state index contributed by atoms with van der Waals surface area (Å²) in [5.74, 6) is -0.407. The summed E-state index contributed by atoms with van der Waals surface area (Å²) in [4.78, 5) is 41.9. The van der Waals surface area contributed by atoms with Crippen LogP contribution in [0.2, 0.25) is 0 Å². The van der Waals surface area contributed by atoms with Gasteiger partial charge in [-0.3, -0.25) is 9.59 Å². The number of esters is 1. The predicted molar refractivity (Wildman–Crippen MR) is 121 cm³/mol. The Kier molecular flexibility index (Phi) is 6.41. The zero-order valence-electron chi connectivity index (χ0n) is 17.5. The third kappa shape index (κ3) is 4.37. The number of rotatable bonds is 3. The highest BCUT2D eigenvalue weighted by molar-refractivity contribution is 9.10. The maximum Gasteiger partial charge on any atom is 0.338 e. The van der Waals surface area contributed by atoms with Crippen molar-refractivity contribution >= 4 is 39.4 Å². The van der Waals surface area contributed by atoms with Gasteiger partial charge >= 0.3 is 5.97 Å². The van der Waals surface area contributed by atoms with Crippen LogP contribution in [0.15, 0.2) is 46.9 Å². The summed E-state index contributed by atoms with van der Waals surface area (Å²) < 4.78 is 5.84. The molecule has 7 heteroatoms. The molecule has 31 heavy (non-hydrogen) atoms. The molecule has 0 radical (unpaired) electrons. The minimum absolute atomic E-state index is 0.00411. The van der Waals surface area contributed by atoms with Gasteiger partial charge in [-0.05, 0) is 67.6 Å². The quantitative estimate of drug-likeness (QED) is 0.615. The molecule has 2 aliphatic rings. The van der Waals surface area contributed by atoms with E-state index in [9.17, 15) is 14.4 Å². The second-order valence-corrected chi connectivity index (χ2v) is 8.88. The van der Waals surface area contributed by atoms with Crippen LogP contribution in [0.25, 0.3) is 0 Å². The van der Waals surface area contributed by atoms with E-state index in [0.29, 0.717) is 43.6 Å². The third-order valence-corrected chi connectivity index (χ3v) is 6.67. The molecule has 0 atom stereocenters. The summed E-state index contributed by atoms with van der Waals surface area (Å²) in [6, 6.07) is 12.8. The molecular weight excluding hydrogens is 460 g/mol. The lowest BCUT2D eigenvalue weighted by atomic mass is 9.91. The molecule has 162 valence electrons. The van der Waals surface area contributed by atoms with Gasteiger partial charge in [0.15, 0.2) is 0 Å². The van der Waals surface area contributed by atoms with Crippen LogP contribution in [0, 0.1) is 5.92 Å². The van der Waals surface area contributed by atoms with Crippen LogP contribution >= 0.6 is 15.9 Å². The van der Waals surface area contributed by atoms with Gasteiger partial charge in [-0.25, -0.2) is 4.79 Å². The molecule has 0 aliphatic carbocycles. The number of halogens is 1. The summed E-state index contributed by atoms with van der Waals surface area (Å²) in [5.41, 5.74) is 2.89. The van der Waals surface area contributed by atoms with E-state index in [4.69, 9.17) is 4.74 Å². The number of piperidine rings is 1. The normalized spacial score (nSPS) is 16.6. The van der Waals surface area contributed by atoms with Gasteiger partial charge in [-0.2, -0.15) is 0 Å². The highest BCUT2D eigenvalue weighted by Gasteiger charge is 2.33. The van der Waals surface area contributed by atoms with Crippen LogP contribution < -0.4 is 4.90 Å². The first kappa shape index (κ1) is 21.6. The molecule has 1 fully saturated rings. The van der Waals surface area contributed by atoms with Gasteiger partial charge in [0.25, 0.3) is 5.91 Å². The SMILES string of the molecule is COC(=O)c1cccc2c1CCCN2C(=O)C1CCN(C(=O)c2ccc(Br)cc2)CC1. The Morgan fingerprint density at radius 3 is 2.39 bits per heavy atom. The first-order valence-corrected chi connectivity index (χ1v) is 11.4. The summed E-state index contributed by atoms with van der Waals surface area (Å²) in [6.45, 7) is 1.77. The predicted octanol–water partition coefficient (Wildman–Crippen LogP) is 4.07. The zero-order chi connectivity index (χ0) is 22.0. The number of ether oxygens (including phenoxy) is 1. The molecule has 2 heterocycles. The van der Waals surface area contributed by atoms with Crippen molar-refractivity contribution in [2.75, 3.05) is 31.6 Å². The number of methoxy groups -OCH3 is 1. The van der Waals surface area contributed by atoms with Crippen molar-refractivity contribution in [3.8, 4) is 0 Å². The molecule has 0 saturated carbocycles. The highest BCUT2D eigenvalue weighted by atomic mass is 79.9. The second kappa shape index (κ2) is 9.22. The van der Waals surface area contributed by atoms with E-state index >= 15 is 0 Å². The number of carbonyl (C=O) groups excluding carboxylic acids is 3. The summed E-state index contributed by atoms with van der Waals surface area (Å²) in [7, 11) is 1.37. The van der Waals surface area contributed by atoms with Crippen molar-refractivity contribution in [1.82, 2.24) is 4.90 Å². The number of amides is 2. The highest BCUT2D eigenvalue weighted by Crippen LogP contribution is 2.33. The van der Waals surface area contributed by atoms with Crippen molar-refractivity contribution in [2.45, 2.75) is 25.7 Å². The van der Waals surface area contributed by atoms with Gasteiger partial charge in [0.1, 0.15) is 0 Å². The van der Waals surface area contributed by atoms with Crippen LogP contribution in [0.4, 0.5) is 5.69 Å². The van der Waals surface area contributed by atoms with Crippen LogP contribution in [-0.4, -0.2) is 49.4 Å². The number of likely N-dealkylation sites (tertiary alicyclic amines) is 1. The van der Waals surface area contributed by atoms with Crippen molar-refractivity contribution in [2.24, 2.45) is 5.92 Å². The Morgan fingerprint density at radius 2 is 1.71 bits per heavy atom. The topological polar surface area (TPSA) is 66.9 Å². The largest absolute Gasteiger partial charge is 0.465 e. The van der Waals surface area contributed by atoms with Crippen LogP contribution in [0.1, 0.15) is 45.5 Å². The average molecular weight is 485 g/mol. The van der Waals surface area contributed by atoms with Gasteiger partial charge in [0.2, 0.25) is 5.91 Å². The summed E-state index contributed by atoms with van der Waals surface area (Å²) in [6.07, 6.45) is 2.85. The number of anilines is 1. The molecule has 0 bridgehead atoms. The number of hydrogen-bond donors (Lipinski definition) is 0. The van der Waals surface area contributed by atoms with Gasteiger partial charge in [-0.15, -0.1) is 0 Å². The average Bonchev–Trinajstić information content (AvgIpc) is 2.82. The number of carbonyl (C=O) groups is 3. The maximum absolute atomic E-state index is 13.4. The molecule has 2 aromatic carbocycles. The molecule has 2 aliphatic heterocycles. The first-order valence-electron chi connectivity index (χ1n) is 10.6. The van der Waals surface area contributed by atoms with E-state index in [1.807, 2.05) is 40.1 Å². The van der Waals surface area contributed by atoms with Gasteiger partial charge in [-0.1, -0.05) is 22.0 Å². The zero-order valence-corrected chi connectivity index (χ0v) is 19.1. The minimum Gasteiger partial charge on any atom is -0.465 e. The molecule has 2 amide bonds. The van der Waals surface area contributed by atoms with Crippen LogP contribution in [0.3, 0.4) is 0 Å². The molecule has 0 spiro atoms. The van der Waals surface area contributed by atoms with E-state index in [-0.39, 0.29) is 23.7 Å². The fourth-order valence-corrected chi connectivity index (χ4v) is 4.74. The number of nitrogens with zero attached hydrogens (tertiary/aromatic N) is 2. The number of hydrogen-bond acceptors (Lipinski definition) is 4. The standard InChI is InChI=1S/C24H25BrN2O4/c1-31-24(30)20-4-2-6-21-19(20)5-3-13-27(21)23(29)17-11-14-26(15-12-17)22(28)16-7-9-18(25)10-8-16/h2,4,6-10,17H,3,5,11-15H2,1H3. The fourth-order valence-electron chi connectivity index (χ4n) is 4.48. The molecular formula is C24H25BrN2O4. The lowest BCUT2D eigenvalue weighted by Crippen LogP contribution is -2.46. The van der Waals surface area contributed by atoms with Gasteiger partial charge < -0.3 is 14.5 Å². The molecule has 4 rings (SSSR count). The Bertz CT molecular complexity index is 997. The number of fused-ring (bicyclic) bond motifs is 1. The summed E-state index contributed by atoms with van der Waals surface area (Å²) in [5, 5.41) is 0. The van der Waals surface area contributed by atoms with Crippen LogP contribution in [0.5, 0.6) is 0 Å². The molecule has 6 nitrogen and oxygen atoms in total. The van der Waals surface area contributed by atoms with Crippen molar-refractivity contribution in [1.29, 1.82) is 0 Å². The molecule has 0 unspecified atom stereocenters.